The van der Waals surface area contributed by atoms with Crippen molar-refractivity contribution in [3.63, 3.8) is 0 Å². The Kier molecular flexibility index (Phi) is 4.36. The predicted octanol–water partition coefficient (Wildman–Crippen LogP) is 2.84. The normalized spacial score (nSPS) is 25.0. The minimum absolute atomic E-state index is 0.0633. The third-order valence-corrected chi connectivity index (χ3v) is 5.46. The van der Waals surface area contributed by atoms with Gasteiger partial charge in [0.25, 0.3) is 5.56 Å². The van der Waals surface area contributed by atoms with Crippen molar-refractivity contribution in [1.82, 2.24) is 9.78 Å². The highest BCUT2D eigenvalue weighted by Crippen LogP contribution is 2.39. The average Bonchev–Trinajstić information content (AvgIpc) is 2.49. The van der Waals surface area contributed by atoms with Gasteiger partial charge in [0.05, 0.1) is 17.5 Å². The molecule has 1 unspecified atom stereocenters. The van der Waals surface area contributed by atoms with E-state index in [4.69, 9.17) is 4.74 Å². The SMILES string of the molecule is Cn1ncc(NC2CCOC3(CCCCC3)C2)c(Br)c1=O. The van der Waals surface area contributed by atoms with Gasteiger partial charge >= 0.3 is 0 Å². The van der Waals surface area contributed by atoms with Crippen molar-refractivity contribution in [1.29, 1.82) is 0 Å². The van der Waals surface area contributed by atoms with Gasteiger partial charge < -0.3 is 10.1 Å². The van der Waals surface area contributed by atoms with Crippen molar-refractivity contribution in [3.05, 3.63) is 21.0 Å². The van der Waals surface area contributed by atoms with Gasteiger partial charge in [0.1, 0.15) is 4.47 Å². The average molecular weight is 356 g/mol. The Hall–Kier alpha value is -0.880. The molecular weight excluding hydrogens is 334 g/mol. The maximum Gasteiger partial charge on any atom is 0.282 e. The minimum Gasteiger partial charge on any atom is -0.380 e. The maximum absolute atomic E-state index is 11.9. The predicted molar refractivity (Wildman–Crippen MR) is 85.6 cm³/mol. The summed E-state index contributed by atoms with van der Waals surface area (Å²) in [6.07, 6.45) is 9.91. The number of ether oxygens (including phenoxy) is 1. The molecule has 1 aromatic heterocycles. The Balaban J connectivity index is 1.73. The van der Waals surface area contributed by atoms with Crippen LogP contribution < -0.4 is 10.9 Å². The lowest BCUT2D eigenvalue weighted by Gasteiger charge is -2.43. The number of aromatic nitrogens is 2. The van der Waals surface area contributed by atoms with Crippen LogP contribution in [-0.4, -0.2) is 28.0 Å². The Morgan fingerprint density at radius 2 is 2.19 bits per heavy atom. The summed E-state index contributed by atoms with van der Waals surface area (Å²) in [5, 5.41) is 7.58. The summed E-state index contributed by atoms with van der Waals surface area (Å²) in [7, 11) is 1.66. The fourth-order valence-electron chi connectivity index (χ4n) is 3.53. The highest BCUT2D eigenvalue weighted by atomic mass is 79.9. The molecule has 6 heteroatoms. The molecule has 116 valence electrons. The van der Waals surface area contributed by atoms with Gasteiger partial charge in [-0.2, -0.15) is 5.10 Å². The number of aryl methyl sites for hydroxylation is 1. The summed E-state index contributed by atoms with van der Waals surface area (Å²) >= 11 is 3.38. The molecular formula is C15H22BrN3O2. The zero-order chi connectivity index (χ0) is 14.9. The number of halogens is 1. The van der Waals surface area contributed by atoms with Crippen LogP contribution in [-0.2, 0) is 11.8 Å². The monoisotopic (exact) mass is 355 g/mol. The summed E-state index contributed by atoms with van der Waals surface area (Å²) in [5.41, 5.74) is 0.740. The molecule has 2 aliphatic rings. The summed E-state index contributed by atoms with van der Waals surface area (Å²) in [6, 6.07) is 0.349. The quantitative estimate of drug-likeness (QED) is 0.885. The van der Waals surface area contributed by atoms with Gasteiger partial charge in [-0.25, -0.2) is 4.68 Å². The van der Waals surface area contributed by atoms with Gasteiger partial charge in [0, 0.05) is 19.7 Å². The number of anilines is 1. The topological polar surface area (TPSA) is 56.1 Å². The van der Waals surface area contributed by atoms with E-state index in [2.05, 4.69) is 26.3 Å². The molecule has 1 spiro atoms. The zero-order valence-electron chi connectivity index (χ0n) is 12.4. The molecule has 0 aromatic carbocycles. The van der Waals surface area contributed by atoms with Crippen LogP contribution in [0.2, 0.25) is 0 Å². The third kappa shape index (κ3) is 3.16. The van der Waals surface area contributed by atoms with Gasteiger partial charge in [-0.1, -0.05) is 19.3 Å². The van der Waals surface area contributed by atoms with Crippen LogP contribution in [0.4, 0.5) is 5.69 Å². The van der Waals surface area contributed by atoms with Crippen molar-refractivity contribution in [2.45, 2.75) is 56.6 Å². The molecule has 0 amide bonds. The maximum atomic E-state index is 11.9. The Labute approximate surface area is 133 Å². The van der Waals surface area contributed by atoms with Crippen LogP contribution in [0, 0.1) is 0 Å². The second-order valence-corrected chi connectivity index (χ2v) is 7.02. The first-order valence-electron chi connectivity index (χ1n) is 7.72. The van der Waals surface area contributed by atoms with Gasteiger partial charge in [-0.3, -0.25) is 4.79 Å². The molecule has 1 atom stereocenters. The lowest BCUT2D eigenvalue weighted by atomic mass is 9.78. The lowest BCUT2D eigenvalue weighted by Crippen LogP contribution is -2.45. The largest absolute Gasteiger partial charge is 0.380 e. The highest BCUT2D eigenvalue weighted by molar-refractivity contribution is 9.10. The van der Waals surface area contributed by atoms with Crippen LogP contribution in [0.5, 0.6) is 0 Å². The van der Waals surface area contributed by atoms with E-state index in [1.54, 1.807) is 13.2 Å². The fourth-order valence-corrected chi connectivity index (χ4v) is 4.00. The van der Waals surface area contributed by atoms with E-state index < -0.39 is 0 Å². The second kappa shape index (κ2) is 6.08. The number of hydrogen-bond donors (Lipinski definition) is 1. The summed E-state index contributed by atoms with van der Waals surface area (Å²) in [5.74, 6) is 0. The van der Waals surface area contributed by atoms with Gasteiger partial charge in [0.15, 0.2) is 0 Å². The summed E-state index contributed by atoms with van der Waals surface area (Å²) < 4.78 is 8.01. The van der Waals surface area contributed by atoms with Crippen molar-refractivity contribution in [2.24, 2.45) is 7.05 Å². The molecule has 5 nitrogen and oxygen atoms in total. The van der Waals surface area contributed by atoms with E-state index in [0.717, 1.165) is 25.1 Å². The zero-order valence-corrected chi connectivity index (χ0v) is 14.0. The van der Waals surface area contributed by atoms with Crippen molar-refractivity contribution >= 4 is 21.6 Å². The van der Waals surface area contributed by atoms with E-state index in [9.17, 15) is 4.79 Å². The third-order valence-electron chi connectivity index (χ3n) is 4.70. The summed E-state index contributed by atoms with van der Waals surface area (Å²) in [6.45, 7) is 0.799. The standard InChI is InChI=1S/C15H22BrN3O2/c1-19-14(20)13(16)12(10-17-19)18-11-5-8-21-15(9-11)6-3-2-4-7-15/h10-11,18H,2-9H2,1H3. The van der Waals surface area contributed by atoms with Crippen LogP contribution in [0.25, 0.3) is 0 Å². The van der Waals surface area contributed by atoms with Crippen LogP contribution >= 0.6 is 15.9 Å². The van der Waals surface area contributed by atoms with E-state index >= 15 is 0 Å². The molecule has 0 bridgehead atoms. The molecule has 1 N–H and O–H groups in total. The Bertz CT molecular complexity index is 561. The molecule has 2 fully saturated rings. The minimum atomic E-state index is -0.112. The molecule has 1 saturated carbocycles. The van der Waals surface area contributed by atoms with Crippen LogP contribution in [0.15, 0.2) is 15.5 Å². The molecule has 1 aliphatic carbocycles. The molecule has 1 saturated heterocycles. The first-order chi connectivity index (χ1) is 10.1. The van der Waals surface area contributed by atoms with Crippen LogP contribution in [0.3, 0.4) is 0 Å². The molecule has 2 heterocycles. The highest BCUT2D eigenvalue weighted by Gasteiger charge is 2.38. The Morgan fingerprint density at radius 3 is 2.95 bits per heavy atom. The number of rotatable bonds is 2. The smallest absolute Gasteiger partial charge is 0.282 e. The number of nitrogens with zero attached hydrogens (tertiary/aromatic N) is 2. The van der Waals surface area contributed by atoms with E-state index in [0.29, 0.717) is 10.5 Å². The summed E-state index contributed by atoms with van der Waals surface area (Å²) in [4.78, 5) is 11.9. The molecule has 1 aromatic rings. The van der Waals surface area contributed by atoms with Crippen molar-refractivity contribution < 1.29 is 4.74 Å². The molecule has 3 rings (SSSR count). The fraction of sp³-hybridized carbons (Fsp3) is 0.733. The van der Waals surface area contributed by atoms with Gasteiger partial charge in [-0.05, 0) is 41.6 Å². The van der Waals surface area contributed by atoms with E-state index in [1.165, 1.54) is 36.8 Å². The Morgan fingerprint density at radius 1 is 1.43 bits per heavy atom. The van der Waals surface area contributed by atoms with Crippen LogP contribution in [0.1, 0.15) is 44.9 Å². The lowest BCUT2D eigenvalue weighted by molar-refractivity contribution is -0.103. The number of hydrogen-bond acceptors (Lipinski definition) is 4. The van der Waals surface area contributed by atoms with E-state index in [1.807, 2.05) is 0 Å². The molecule has 1 aliphatic heterocycles. The van der Waals surface area contributed by atoms with Crippen molar-refractivity contribution in [2.75, 3.05) is 11.9 Å². The van der Waals surface area contributed by atoms with Gasteiger partial charge in [0.2, 0.25) is 0 Å². The first-order valence-corrected chi connectivity index (χ1v) is 8.51. The van der Waals surface area contributed by atoms with E-state index in [-0.39, 0.29) is 11.2 Å². The van der Waals surface area contributed by atoms with Crippen molar-refractivity contribution in [3.8, 4) is 0 Å². The number of nitrogens with one attached hydrogen (secondary N) is 1. The first kappa shape index (κ1) is 15.0. The molecule has 0 radical (unpaired) electrons. The molecule has 21 heavy (non-hydrogen) atoms. The van der Waals surface area contributed by atoms with Gasteiger partial charge in [-0.15, -0.1) is 0 Å². The second-order valence-electron chi connectivity index (χ2n) is 6.23.